The Morgan fingerprint density at radius 3 is 2.79 bits per heavy atom. The molecule has 1 heterocycles. The largest absolute Gasteiger partial charge is 0.374 e. The number of anilines is 1. The van der Waals surface area contributed by atoms with Crippen LogP contribution in [0.3, 0.4) is 0 Å². The maximum Gasteiger partial charge on any atom is 0.203 e. The van der Waals surface area contributed by atoms with Gasteiger partial charge in [0, 0.05) is 13.6 Å². The molecule has 6 heteroatoms. The summed E-state index contributed by atoms with van der Waals surface area (Å²) in [5.74, 6) is 0. The van der Waals surface area contributed by atoms with Crippen molar-refractivity contribution in [1.29, 1.82) is 0 Å². The third kappa shape index (κ3) is 2.06. The number of aromatic nitrogens is 2. The van der Waals surface area contributed by atoms with Gasteiger partial charge in [0.25, 0.3) is 0 Å². The smallest absolute Gasteiger partial charge is 0.203 e. The standard InChI is InChI=1S/C8H5BrIN3S/c9-4-1-2-6(10)5(3-4)7-12-13-8(11)14-7/h1-3H,(H2,11,13). The molecule has 0 amide bonds. The molecule has 0 radical (unpaired) electrons. The third-order valence-electron chi connectivity index (χ3n) is 1.60. The number of hydrogen-bond donors (Lipinski definition) is 1. The molecular formula is C8H5BrIN3S. The summed E-state index contributed by atoms with van der Waals surface area (Å²) in [7, 11) is 0. The number of rotatable bonds is 1. The number of benzene rings is 1. The molecule has 0 unspecified atom stereocenters. The topological polar surface area (TPSA) is 51.8 Å². The van der Waals surface area contributed by atoms with Crippen LogP contribution in [-0.2, 0) is 0 Å². The molecule has 2 aromatic rings. The van der Waals surface area contributed by atoms with E-state index in [0.717, 1.165) is 18.6 Å². The summed E-state index contributed by atoms with van der Waals surface area (Å²) in [6, 6.07) is 6.04. The van der Waals surface area contributed by atoms with Crippen LogP contribution in [0.5, 0.6) is 0 Å². The molecule has 0 atom stereocenters. The number of halogens is 2. The molecule has 0 bridgehead atoms. The van der Waals surface area contributed by atoms with Crippen LogP contribution in [0.1, 0.15) is 0 Å². The van der Waals surface area contributed by atoms with Crippen molar-refractivity contribution in [3.8, 4) is 10.6 Å². The van der Waals surface area contributed by atoms with E-state index in [2.05, 4.69) is 48.7 Å². The summed E-state index contributed by atoms with van der Waals surface area (Å²) in [6.07, 6.45) is 0. The number of nitrogen functional groups attached to an aromatic ring is 1. The summed E-state index contributed by atoms with van der Waals surface area (Å²) >= 11 is 7.08. The van der Waals surface area contributed by atoms with E-state index >= 15 is 0 Å². The van der Waals surface area contributed by atoms with Gasteiger partial charge < -0.3 is 5.73 Å². The summed E-state index contributed by atoms with van der Waals surface area (Å²) < 4.78 is 2.17. The van der Waals surface area contributed by atoms with Crippen molar-refractivity contribution in [3.05, 3.63) is 26.2 Å². The molecule has 2 N–H and O–H groups in total. The summed E-state index contributed by atoms with van der Waals surface area (Å²) in [6.45, 7) is 0. The Morgan fingerprint density at radius 1 is 1.36 bits per heavy atom. The van der Waals surface area contributed by atoms with Gasteiger partial charge in [-0.1, -0.05) is 27.3 Å². The molecule has 3 nitrogen and oxygen atoms in total. The molecule has 0 aliphatic heterocycles. The fraction of sp³-hybridized carbons (Fsp3) is 0. The first-order chi connectivity index (χ1) is 6.66. The highest BCUT2D eigenvalue weighted by molar-refractivity contribution is 14.1. The maximum absolute atomic E-state index is 5.53. The summed E-state index contributed by atoms with van der Waals surface area (Å²) in [5, 5.41) is 9.15. The van der Waals surface area contributed by atoms with Crippen molar-refractivity contribution in [2.24, 2.45) is 0 Å². The van der Waals surface area contributed by atoms with Crippen molar-refractivity contribution >= 4 is 55.0 Å². The van der Waals surface area contributed by atoms with Crippen molar-refractivity contribution in [3.63, 3.8) is 0 Å². The van der Waals surface area contributed by atoms with Gasteiger partial charge in [-0.3, -0.25) is 0 Å². The van der Waals surface area contributed by atoms with Gasteiger partial charge >= 0.3 is 0 Å². The van der Waals surface area contributed by atoms with E-state index in [-0.39, 0.29) is 0 Å². The Hall–Kier alpha value is -0.210. The first-order valence-corrected chi connectivity index (χ1v) is 6.40. The van der Waals surface area contributed by atoms with Crippen LogP contribution in [-0.4, -0.2) is 10.2 Å². The molecule has 0 aliphatic carbocycles. The van der Waals surface area contributed by atoms with Gasteiger partial charge in [-0.2, -0.15) is 0 Å². The first kappa shape index (κ1) is 10.3. The Balaban J connectivity index is 2.55. The number of nitrogens with zero attached hydrogens (tertiary/aromatic N) is 2. The van der Waals surface area contributed by atoms with Gasteiger partial charge in [0.2, 0.25) is 5.13 Å². The minimum Gasteiger partial charge on any atom is -0.374 e. The lowest BCUT2D eigenvalue weighted by molar-refractivity contribution is 1.10. The van der Waals surface area contributed by atoms with E-state index in [1.807, 2.05) is 18.2 Å². The average Bonchev–Trinajstić information content (AvgIpc) is 2.56. The van der Waals surface area contributed by atoms with E-state index < -0.39 is 0 Å². The Morgan fingerprint density at radius 2 is 2.14 bits per heavy atom. The van der Waals surface area contributed by atoms with Crippen molar-refractivity contribution in [2.45, 2.75) is 0 Å². The van der Waals surface area contributed by atoms with Crippen LogP contribution < -0.4 is 5.73 Å². The normalized spacial score (nSPS) is 10.4. The van der Waals surface area contributed by atoms with E-state index in [9.17, 15) is 0 Å². The van der Waals surface area contributed by atoms with Gasteiger partial charge in [0.05, 0.1) is 0 Å². The Bertz CT molecular complexity index is 471. The molecule has 2 rings (SSSR count). The van der Waals surface area contributed by atoms with Gasteiger partial charge in [-0.25, -0.2) is 0 Å². The molecule has 0 saturated carbocycles. The highest BCUT2D eigenvalue weighted by atomic mass is 127. The fourth-order valence-electron chi connectivity index (χ4n) is 1.00. The van der Waals surface area contributed by atoms with Crippen LogP contribution in [0.4, 0.5) is 5.13 Å². The minimum absolute atomic E-state index is 0.496. The maximum atomic E-state index is 5.53. The van der Waals surface area contributed by atoms with E-state index in [1.165, 1.54) is 11.3 Å². The second-order valence-electron chi connectivity index (χ2n) is 2.57. The van der Waals surface area contributed by atoms with Crippen LogP contribution >= 0.6 is 49.9 Å². The van der Waals surface area contributed by atoms with Crippen molar-refractivity contribution < 1.29 is 0 Å². The minimum atomic E-state index is 0.496. The lowest BCUT2D eigenvalue weighted by atomic mass is 10.2. The molecule has 1 aromatic heterocycles. The summed E-state index contributed by atoms with van der Waals surface area (Å²) in [4.78, 5) is 0. The Kier molecular flexibility index (Phi) is 3.03. The zero-order valence-corrected chi connectivity index (χ0v) is 11.4. The quantitative estimate of drug-likeness (QED) is 0.772. The molecule has 72 valence electrons. The van der Waals surface area contributed by atoms with Crippen molar-refractivity contribution in [1.82, 2.24) is 10.2 Å². The second-order valence-corrected chi connectivity index (χ2v) is 5.66. The molecule has 14 heavy (non-hydrogen) atoms. The molecule has 0 fully saturated rings. The van der Waals surface area contributed by atoms with E-state index in [1.54, 1.807) is 0 Å². The first-order valence-electron chi connectivity index (χ1n) is 3.71. The van der Waals surface area contributed by atoms with Crippen LogP contribution in [0.15, 0.2) is 22.7 Å². The van der Waals surface area contributed by atoms with E-state index in [0.29, 0.717) is 5.13 Å². The second kappa shape index (κ2) is 4.11. The zero-order valence-electron chi connectivity index (χ0n) is 6.87. The van der Waals surface area contributed by atoms with Crippen LogP contribution in [0.2, 0.25) is 0 Å². The lowest BCUT2D eigenvalue weighted by Gasteiger charge is -1.99. The molecule has 1 aromatic carbocycles. The van der Waals surface area contributed by atoms with Gasteiger partial charge in [-0.15, -0.1) is 10.2 Å². The van der Waals surface area contributed by atoms with Crippen LogP contribution in [0, 0.1) is 3.57 Å². The van der Waals surface area contributed by atoms with Crippen molar-refractivity contribution in [2.75, 3.05) is 5.73 Å². The number of hydrogen-bond acceptors (Lipinski definition) is 4. The molecule has 0 spiro atoms. The van der Waals surface area contributed by atoms with Gasteiger partial charge in [0.15, 0.2) is 5.01 Å². The highest BCUT2D eigenvalue weighted by Crippen LogP contribution is 2.30. The Labute approximate surface area is 107 Å². The van der Waals surface area contributed by atoms with E-state index in [4.69, 9.17) is 5.73 Å². The predicted molar refractivity (Wildman–Crippen MR) is 70.2 cm³/mol. The number of nitrogens with two attached hydrogens (primary N) is 1. The summed E-state index contributed by atoms with van der Waals surface area (Å²) in [5.41, 5.74) is 6.60. The average molecular weight is 382 g/mol. The SMILES string of the molecule is Nc1nnc(-c2cc(Br)ccc2I)s1. The fourth-order valence-corrected chi connectivity index (χ4v) is 2.78. The third-order valence-corrected chi connectivity index (χ3v) is 3.82. The monoisotopic (exact) mass is 381 g/mol. The van der Waals surface area contributed by atoms with Gasteiger partial charge in [0.1, 0.15) is 0 Å². The zero-order chi connectivity index (χ0) is 10.1. The van der Waals surface area contributed by atoms with Crippen LogP contribution in [0.25, 0.3) is 10.6 Å². The lowest BCUT2D eigenvalue weighted by Crippen LogP contribution is -1.82. The molecule has 0 aliphatic rings. The highest BCUT2D eigenvalue weighted by Gasteiger charge is 2.08. The molecular weight excluding hydrogens is 377 g/mol. The molecule has 0 saturated heterocycles. The predicted octanol–water partition coefficient (Wildman–Crippen LogP) is 3.15. The van der Waals surface area contributed by atoms with Gasteiger partial charge in [-0.05, 0) is 40.8 Å².